The van der Waals surface area contributed by atoms with E-state index in [4.69, 9.17) is 4.74 Å². The molecule has 1 aliphatic heterocycles. The van der Waals surface area contributed by atoms with Crippen LogP contribution in [0.3, 0.4) is 0 Å². The number of piperazine rings is 1. The summed E-state index contributed by atoms with van der Waals surface area (Å²) >= 11 is 0. The number of aliphatic imine (C=N–C) groups is 1. The van der Waals surface area contributed by atoms with Gasteiger partial charge in [0.15, 0.2) is 5.96 Å². The number of halogens is 1. The molecular formula is C19H32IN5O. The number of nitrogens with one attached hydrogen (secondary N) is 1. The van der Waals surface area contributed by atoms with Gasteiger partial charge in [0.2, 0.25) is 0 Å². The van der Waals surface area contributed by atoms with Gasteiger partial charge >= 0.3 is 0 Å². The van der Waals surface area contributed by atoms with Crippen molar-refractivity contribution in [3.05, 3.63) is 24.4 Å². The zero-order chi connectivity index (χ0) is 18.1. The number of methoxy groups -OCH3 is 1. The third-order valence-electron chi connectivity index (χ3n) is 6.35. The summed E-state index contributed by atoms with van der Waals surface area (Å²) in [7, 11) is 3.68. The van der Waals surface area contributed by atoms with E-state index in [1.165, 1.54) is 0 Å². The van der Waals surface area contributed by atoms with Crippen molar-refractivity contribution in [2.24, 2.45) is 10.4 Å². The van der Waals surface area contributed by atoms with Crippen LogP contribution in [-0.2, 0) is 4.74 Å². The molecule has 2 unspecified atom stereocenters. The van der Waals surface area contributed by atoms with Crippen molar-refractivity contribution < 1.29 is 4.74 Å². The highest BCUT2D eigenvalue weighted by molar-refractivity contribution is 14.0. The van der Waals surface area contributed by atoms with E-state index in [2.05, 4.69) is 51.9 Å². The van der Waals surface area contributed by atoms with E-state index in [0.29, 0.717) is 6.04 Å². The Balaban J connectivity index is 0.00000243. The summed E-state index contributed by atoms with van der Waals surface area (Å²) < 4.78 is 5.74. The second kappa shape index (κ2) is 8.29. The largest absolute Gasteiger partial charge is 0.378 e. The van der Waals surface area contributed by atoms with E-state index < -0.39 is 0 Å². The van der Waals surface area contributed by atoms with Gasteiger partial charge in [-0.2, -0.15) is 0 Å². The summed E-state index contributed by atoms with van der Waals surface area (Å²) in [5.74, 6) is 2.05. The Morgan fingerprint density at radius 3 is 2.42 bits per heavy atom. The van der Waals surface area contributed by atoms with Crippen LogP contribution in [-0.4, -0.2) is 67.8 Å². The van der Waals surface area contributed by atoms with Crippen molar-refractivity contribution in [1.29, 1.82) is 0 Å². The summed E-state index contributed by atoms with van der Waals surface area (Å²) in [6, 6.07) is 6.45. The smallest absolute Gasteiger partial charge is 0.194 e. The van der Waals surface area contributed by atoms with Crippen LogP contribution in [0.5, 0.6) is 0 Å². The molecule has 0 spiro atoms. The topological polar surface area (TPSA) is 53.0 Å². The van der Waals surface area contributed by atoms with Crippen LogP contribution in [0.1, 0.15) is 27.2 Å². The quantitative estimate of drug-likeness (QED) is 0.416. The Morgan fingerprint density at radius 2 is 1.92 bits per heavy atom. The lowest BCUT2D eigenvalue weighted by atomic mass is 9.56. The van der Waals surface area contributed by atoms with Crippen LogP contribution >= 0.6 is 24.0 Å². The summed E-state index contributed by atoms with van der Waals surface area (Å²) in [5.41, 5.74) is 0.00860. The number of pyridine rings is 1. The number of hydrogen-bond acceptors (Lipinski definition) is 4. The average Bonchev–Trinajstić information content (AvgIpc) is 2.65. The fourth-order valence-electron chi connectivity index (χ4n) is 3.86. The maximum atomic E-state index is 5.74. The molecule has 1 aliphatic carbocycles. The minimum atomic E-state index is -0.0683. The Labute approximate surface area is 174 Å². The van der Waals surface area contributed by atoms with Gasteiger partial charge in [0.1, 0.15) is 5.82 Å². The average molecular weight is 473 g/mol. The molecular weight excluding hydrogens is 441 g/mol. The molecule has 7 heteroatoms. The molecule has 0 amide bonds. The molecule has 1 saturated heterocycles. The molecule has 26 heavy (non-hydrogen) atoms. The fraction of sp³-hybridized carbons (Fsp3) is 0.684. The van der Waals surface area contributed by atoms with Crippen LogP contribution in [0, 0.1) is 5.41 Å². The van der Waals surface area contributed by atoms with E-state index in [9.17, 15) is 0 Å². The van der Waals surface area contributed by atoms with Gasteiger partial charge in [-0.15, -0.1) is 24.0 Å². The number of guanidine groups is 1. The normalized spacial score (nSPS) is 28.2. The molecule has 2 aliphatic rings. The summed E-state index contributed by atoms with van der Waals surface area (Å²) in [5, 5.41) is 3.67. The van der Waals surface area contributed by atoms with Gasteiger partial charge in [-0.3, -0.25) is 4.99 Å². The third kappa shape index (κ3) is 3.78. The minimum Gasteiger partial charge on any atom is -0.378 e. The zero-order valence-electron chi connectivity index (χ0n) is 16.5. The Kier molecular flexibility index (Phi) is 6.76. The fourth-order valence-corrected chi connectivity index (χ4v) is 3.86. The lowest BCUT2D eigenvalue weighted by molar-refractivity contribution is -0.177. The van der Waals surface area contributed by atoms with Crippen LogP contribution < -0.4 is 10.2 Å². The number of hydrogen-bond donors (Lipinski definition) is 1. The molecule has 0 radical (unpaired) electrons. The second-order valence-electron chi connectivity index (χ2n) is 7.77. The standard InChI is InChI=1S/C19H31N5O.HI/c1-18(2)15(14-19(18,3)25-5)22-17(20-4)24-12-10-23(11-13-24)16-8-6-7-9-21-16;/h6-9,15H,10-14H2,1-5H3,(H,20,22);1H. The molecule has 2 fully saturated rings. The summed E-state index contributed by atoms with van der Waals surface area (Å²) in [6.07, 6.45) is 2.86. The molecule has 0 aromatic carbocycles. The first kappa shape index (κ1) is 21.2. The predicted molar refractivity (Wildman–Crippen MR) is 118 cm³/mol. The van der Waals surface area contributed by atoms with E-state index in [1.54, 1.807) is 0 Å². The SMILES string of the molecule is CN=C(NC1CC(C)(OC)C1(C)C)N1CCN(c2ccccn2)CC1.I. The van der Waals surface area contributed by atoms with Crippen LogP contribution in [0.25, 0.3) is 0 Å². The minimum absolute atomic E-state index is 0. The molecule has 1 aromatic rings. The van der Waals surface area contributed by atoms with Gasteiger partial charge in [-0.25, -0.2) is 4.98 Å². The molecule has 3 rings (SSSR count). The molecule has 1 aromatic heterocycles. The highest BCUT2D eigenvalue weighted by Crippen LogP contribution is 2.51. The maximum absolute atomic E-state index is 5.74. The Hall–Kier alpha value is -1.09. The highest BCUT2D eigenvalue weighted by Gasteiger charge is 2.58. The first-order valence-electron chi connectivity index (χ1n) is 9.10. The van der Waals surface area contributed by atoms with Crippen molar-refractivity contribution in [1.82, 2.24) is 15.2 Å². The number of rotatable bonds is 3. The van der Waals surface area contributed by atoms with Gasteiger partial charge in [0.25, 0.3) is 0 Å². The van der Waals surface area contributed by atoms with Crippen molar-refractivity contribution in [2.45, 2.75) is 38.8 Å². The summed E-state index contributed by atoms with van der Waals surface area (Å²) in [4.78, 5) is 13.7. The summed E-state index contributed by atoms with van der Waals surface area (Å²) in [6.45, 7) is 10.5. The van der Waals surface area contributed by atoms with Gasteiger partial charge in [-0.1, -0.05) is 19.9 Å². The number of aromatic nitrogens is 1. The molecule has 0 bridgehead atoms. The zero-order valence-corrected chi connectivity index (χ0v) is 18.9. The van der Waals surface area contributed by atoms with Crippen molar-refractivity contribution in [3.63, 3.8) is 0 Å². The Bertz CT molecular complexity index is 616. The number of anilines is 1. The first-order chi connectivity index (χ1) is 11.9. The van der Waals surface area contributed by atoms with Gasteiger partial charge < -0.3 is 19.9 Å². The molecule has 2 atom stereocenters. The molecule has 146 valence electrons. The molecule has 1 N–H and O–H groups in total. The van der Waals surface area contributed by atoms with Gasteiger partial charge in [-0.05, 0) is 25.5 Å². The lowest BCUT2D eigenvalue weighted by Gasteiger charge is -2.59. The highest BCUT2D eigenvalue weighted by atomic mass is 127. The molecule has 1 saturated carbocycles. The van der Waals surface area contributed by atoms with E-state index in [-0.39, 0.29) is 35.0 Å². The van der Waals surface area contributed by atoms with Crippen molar-refractivity contribution in [3.8, 4) is 0 Å². The monoisotopic (exact) mass is 473 g/mol. The van der Waals surface area contributed by atoms with Crippen molar-refractivity contribution in [2.75, 3.05) is 45.2 Å². The number of ether oxygens (including phenoxy) is 1. The van der Waals surface area contributed by atoms with Gasteiger partial charge in [0, 0.05) is 58.0 Å². The van der Waals surface area contributed by atoms with Crippen LogP contribution in [0.2, 0.25) is 0 Å². The van der Waals surface area contributed by atoms with E-state index >= 15 is 0 Å². The maximum Gasteiger partial charge on any atom is 0.194 e. The third-order valence-corrected chi connectivity index (χ3v) is 6.35. The predicted octanol–water partition coefficient (Wildman–Crippen LogP) is 2.60. The van der Waals surface area contributed by atoms with E-state index in [1.807, 2.05) is 32.5 Å². The number of nitrogens with zero attached hydrogens (tertiary/aromatic N) is 4. The molecule has 6 nitrogen and oxygen atoms in total. The second-order valence-corrected chi connectivity index (χ2v) is 7.77. The van der Waals surface area contributed by atoms with Crippen LogP contribution in [0.15, 0.2) is 29.4 Å². The van der Waals surface area contributed by atoms with Gasteiger partial charge in [0.05, 0.1) is 5.60 Å². The van der Waals surface area contributed by atoms with E-state index in [0.717, 1.165) is 44.4 Å². The molecule has 2 heterocycles. The van der Waals surface area contributed by atoms with Crippen LogP contribution in [0.4, 0.5) is 5.82 Å². The van der Waals surface area contributed by atoms with Crippen molar-refractivity contribution >= 4 is 35.8 Å². The lowest BCUT2D eigenvalue weighted by Crippen LogP contribution is -2.70. The first-order valence-corrected chi connectivity index (χ1v) is 9.10. The Morgan fingerprint density at radius 1 is 1.23 bits per heavy atom.